The Balaban J connectivity index is 1.77. The Hall–Kier alpha value is -3.49. The van der Waals surface area contributed by atoms with Crippen LogP contribution in [0.3, 0.4) is 0 Å². The van der Waals surface area contributed by atoms with E-state index in [0.717, 1.165) is 23.8 Å². The molecule has 0 aliphatic rings. The molecular formula is C24H26F3NO5. The van der Waals surface area contributed by atoms with Gasteiger partial charge in [-0.3, -0.25) is 4.79 Å². The molecule has 0 saturated carbocycles. The summed E-state index contributed by atoms with van der Waals surface area (Å²) in [5.74, 6) is -0.0517. The van der Waals surface area contributed by atoms with Crippen LogP contribution in [-0.4, -0.2) is 38.2 Å². The van der Waals surface area contributed by atoms with Crippen molar-refractivity contribution in [1.29, 1.82) is 0 Å². The van der Waals surface area contributed by atoms with Gasteiger partial charge in [-0.15, -0.1) is 0 Å². The minimum Gasteiger partial charge on any atom is -0.490 e. The van der Waals surface area contributed by atoms with Gasteiger partial charge in [0.15, 0.2) is 18.1 Å². The highest BCUT2D eigenvalue weighted by atomic mass is 19.4. The maximum Gasteiger partial charge on any atom is 0.416 e. The number of alkyl halides is 3. The van der Waals surface area contributed by atoms with Gasteiger partial charge < -0.3 is 19.5 Å². The van der Waals surface area contributed by atoms with Crippen LogP contribution in [0.25, 0.3) is 6.08 Å². The van der Waals surface area contributed by atoms with Crippen LogP contribution in [0.15, 0.2) is 48.5 Å². The fourth-order valence-corrected chi connectivity index (χ4v) is 2.82. The van der Waals surface area contributed by atoms with Crippen LogP contribution in [0.4, 0.5) is 13.2 Å². The lowest BCUT2D eigenvalue weighted by Crippen LogP contribution is -2.30. The van der Waals surface area contributed by atoms with E-state index in [9.17, 15) is 22.8 Å². The first-order chi connectivity index (χ1) is 15.7. The molecule has 1 N–H and O–H groups in total. The second kappa shape index (κ2) is 12.5. The number of esters is 1. The van der Waals surface area contributed by atoms with Crippen molar-refractivity contribution in [3.8, 4) is 11.5 Å². The highest BCUT2D eigenvalue weighted by molar-refractivity contribution is 5.89. The van der Waals surface area contributed by atoms with Crippen LogP contribution in [0.2, 0.25) is 0 Å². The maximum atomic E-state index is 12.7. The molecule has 2 aromatic carbocycles. The SMILES string of the molecule is CCOc1ccc(CCNC(=O)COC(=O)C=Cc2cccc(C(F)(F)F)c2)cc1OCC. The van der Waals surface area contributed by atoms with Crippen molar-refractivity contribution in [2.24, 2.45) is 0 Å². The molecule has 33 heavy (non-hydrogen) atoms. The fraction of sp³-hybridized carbons (Fsp3) is 0.333. The number of carbonyl (C=O) groups is 2. The average molecular weight is 465 g/mol. The first-order valence-electron chi connectivity index (χ1n) is 10.4. The zero-order valence-corrected chi connectivity index (χ0v) is 18.4. The Bertz CT molecular complexity index is 973. The van der Waals surface area contributed by atoms with Gasteiger partial charge in [0.1, 0.15) is 0 Å². The molecule has 0 saturated heterocycles. The molecule has 2 rings (SSSR count). The van der Waals surface area contributed by atoms with Gasteiger partial charge in [-0.1, -0.05) is 18.2 Å². The Morgan fingerprint density at radius 3 is 2.42 bits per heavy atom. The molecule has 0 spiro atoms. The molecule has 1 amide bonds. The highest BCUT2D eigenvalue weighted by Crippen LogP contribution is 2.30. The lowest BCUT2D eigenvalue weighted by atomic mass is 10.1. The predicted octanol–water partition coefficient (Wildman–Crippen LogP) is 4.42. The van der Waals surface area contributed by atoms with Gasteiger partial charge in [0, 0.05) is 12.6 Å². The van der Waals surface area contributed by atoms with E-state index in [1.807, 2.05) is 32.0 Å². The molecule has 0 fully saturated rings. The summed E-state index contributed by atoms with van der Waals surface area (Å²) in [5.41, 5.74) is 0.300. The average Bonchev–Trinajstić information content (AvgIpc) is 2.78. The molecule has 0 aliphatic carbocycles. The number of ether oxygens (including phenoxy) is 3. The second-order valence-electron chi connectivity index (χ2n) is 6.81. The van der Waals surface area contributed by atoms with Crippen LogP contribution in [-0.2, 0) is 26.9 Å². The zero-order valence-electron chi connectivity index (χ0n) is 18.4. The number of halogens is 3. The van der Waals surface area contributed by atoms with E-state index < -0.39 is 30.2 Å². The van der Waals surface area contributed by atoms with Crippen LogP contribution >= 0.6 is 0 Å². The Kier molecular flexibility index (Phi) is 9.78. The molecule has 0 atom stereocenters. The van der Waals surface area contributed by atoms with Gasteiger partial charge in [0.25, 0.3) is 5.91 Å². The number of carbonyl (C=O) groups excluding carboxylic acids is 2. The number of nitrogens with one attached hydrogen (secondary N) is 1. The maximum absolute atomic E-state index is 12.7. The van der Waals surface area contributed by atoms with E-state index in [2.05, 4.69) is 5.32 Å². The number of hydrogen-bond donors (Lipinski definition) is 1. The Labute approximate surface area is 190 Å². The lowest BCUT2D eigenvalue weighted by molar-refractivity contribution is -0.143. The van der Waals surface area contributed by atoms with Crippen LogP contribution in [0.1, 0.15) is 30.5 Å². The number of amides is 1. The van der Waals surface area contributed by atoms with Crippen LogP contribution < -0.4 is 14.8 Å². The molecular weight excluding hydrogens is 439 g/mol. The highest BCUT2D eigenvalue weighted by Gasteiger charge is 2.30. The van der Waals surface area contributed by atoms with Crippen molar-refractivity contribution >= 4 is 18.0 Å². The summed E-state index contributed by atoms with van der Waals surface area (Å²) in [7, 11) is 0. The number of rotatable bonds is 11. The molecule has 2 aromatic rings. The standard InChI is InChI=1S/C24H26F3NO5/c1-3-31-20-10-8-18(15-21(20)32-4-2)12-13-28-22(29)16-33-23(30)11-9-17-6-5-7-19(14-17)24(25,26)27/h5-11,14-15H,3-4,12-13,16H2,1-2H3,(H,28,29). The molecule has 0 unspecified atom stereocenters. The smallest absolute Gasteiger partial charge is 0.416 e. The van der Waals surface area contributed by atoms with Crippen LogP contribution in [0.5, 0.6) is 11.5 Å². The number of hydrogen-bond acceptors (Lipinski definition) is 5. The molecule has 0 aromatic heterocycles. The van der Waals surface area contributed by atoms with E-state index in [1.165, 1.54) is 18.2 Å². The van der Waals surface area contributed by atoms with Crippen molar-refractivity contribution in [3.05, 3.63) is 65.2 Å². The van der Waals surface area contributed by atoms with Gasteiger partial charge in [0.2, 0.25) is 0 Å². The van der Waals surface area contributed by atoms with Gasteiger partial charge in [-0.2, -0.15) is 13.2 Å². The molecule has 0 heterocycles. The summed E-state index contributed by atoms with van der Waals surface area (Å²) in [4.78, 5) is 23.6. The fourth-order valence-electron chi connectivity index (χ4n) is 2.82. The van der Waals surface area contributed by atoms with Gasteiger partial charge in [-0.25, -0.2) is 4.79 Å². The first kappa shape index (κ1) is 25.8. The van der Waals surface area contributed by atoms with Crippen molar-refractivity contribution in [2.75, 3.05) is 26.4 Å². The molecule has 0 radical (unpaired) electrons. The number of benzene rings is 2. The topological polar surface area (TPSA) is 73.9 Å². The van der Waals surface area contributed by atoms with E-state index in [-0.39, 0.29) is 5.56 Å². The van der Waals surface area contributed by atoms with Gasteiger partial charge in [0.05, 0.1) is 18.8 Å². The molecule has 6 nitrogen and oxygen atoms in total. The van der Waals surface area contributed by atoms with Crippen molar-refractivity contribution < 1.29 is 37.0 Å². The predicted molar refractivity (Wildman–Crippen MR) is 117 cm³/mol. The largest absolute Gasteiger partial charge is 0.490 e. The summed E-state index contributed by atoms with van der Waals surface area (Å²) in [6.07, 6.45) is -1.78. The molecule has 178 valence electrons. The van der Waals surface area contributed by atoms with E-state index in [4.69, 9.17) is 14.2 Å². The monoisotopic (exact) mass is 465 g/mol. The third kappa shape index (κ3) is 8.88. The van der Waals surface area contributed by atoms with Crippen molar-refractivity contribution in [1.82, 2.24) is 5.32 Å². The lowest BCUT2D eigenvalue weighted by Gasteiger charge is -2.12. The van der Waals surface area contributed by atoms with Crippen molar-refractivity contribution in [2.45, 2.75) is 26.4 Å². The van der Waals surface area contributed by atoms with E-state index >= 15 is 0 Å². The Morgan fingerprint density at radius 2 is 1.73 bits per heavy atom. The minimum absolute atomic E-state index is 0.188. The first-order valence-corrected chi connectivity index (χ1v) is 10.4. The summed E-state index contributed by atoms with van der Waals surface area (Å²) in [6.45, 7) is 4.58. The molecule has 0 aliphatic heterocycles. The van der Waals surface area contributed by atoms with Crippen LogP contribution in [0, 0.1) is 0 Å². The summed E-state index contributed by atoms with van der Waals surface area (Å²) in [5, 5.41) is 2.64. The third-order valence-electron chi connectivity index (χ3n) is 4.31. The van der Waals surface area contributed by atoms with E-state index in [1.54, 1.807) is 0 Å². The van der Waals surface area contributed by atoms with Gasteiger partial charge >= 0.3 is 12.1 Å². The Morgan fingerprint density at radius 1 is 1.00 bits per heavy atom. The molecule has 9 heteroatoms. The molecule has 0 bridgehead atoms. The summed E-state index contributed by atoms with van der Waals surface area (Å²) >= 11 is 0. The second-order valence-corrected chi connectivity index (χ2v) is 6.81. The summed E-state index contributed by atoms with van der Waals surface area (Å²) < 4.78 is 54.1. The van der Waals surface area contributed by atoms with Gasteiger partial charge in [-0.05, 0) is 61.7 Å². The quantitative estimate of drug-likeness (QED) is 0.393. The van der Waals surface area contributed by atoms with Crippen molar-refractivity contribution in [3.63, 3.8) is 0 Å². The van der Waals surface area contributed by atoms with E-state index in [0.29, 0.717) is 37.7 Å². The normalized spacial score (nSPS) is 11.3. The third-order valence-corrected chi connectivity index (χ3v) is 4.31. The zero-order chi connectivity index (χ0) is 24.3. The summed E-state index contributed by atoms with van der Waals surface area (Å²) in [6, 6.07) is 10.0. The minimum atomic E-state index is -4.47.